The normalized spacial score (nSPS) is 10.1. The van der Waals surface area contributed by atoms with Gasteiger partial charge in [-0.1, -0.05) is 0 Å². The Morgan fingerprint density at radius 2 is 2.43 bits per heavy atom. The van der Waals surface area contributed by atoms with Gasteiger partial charge in [0.05, 0.1) is 13.4 Å². The molecule has 2 aromatic rings. The van der Waals surface area contributed by atoms with E-state index in [1.165, 1.54) is 13.4 Å². The molecule has 0 unspecified atom stereocenters. The van der Waals surface area contributed by atoms with E-state index in [1.807, 2.05) is 16.8 Å². The highest BCUT2D eigenvalue weighted by molar-refractivity contribution is 7.08. The minimum atomic E-state index is -0.260. The zero-order chi connectivity index (χ0) is 9.97. The molecule has 0 atom stereocenters. The van der Waals surface area contributed by atoms with Crippen LogP contribution in [-0.4, -0.2) is 17.1 Å². The first-order valence-electron chi connectivity index (χ1n) is 3.97. The van der Waals surface area contributed by atoms with Gasteiger partial charge in [0, 0.05) is 10.9 Å². The van der Waals surface area contributed by atoms with Gasteiger partial charge in [-0.3, -0.25) is 4.79 Å². The molecule has 5 heteroatoms. The van der Waals surface area contributed by atoms with Crippen LogP contribution < -0.4 is 10.3 Å². The largest absolute Gasteiger partial charge is 0.490 e. The van der Waals surface area contributed by atoms with Crippen molar-refractivity contribution >= 4 is 11.3 Å². The van der Waals surface area contributed by atoms with Gasteiger partial charge in [0.2, 0.25) is 5.75 Å². The number of H-pyrrole nitrogens is 1. The molecule has 2 heterocycles. The van der Waals surface area contributed by atoms with Gasteiger partial charge in [-0.25, -0.2) is 4.98 Å². The Morgan fingerprint density at radius 1 is 1.57 bits per heavy atom. The van der Waals surface area contributed by atoms with E-state index in [4.69, 9.17) is 4.74 Å². The van der Waals surface area contributed by atoms with E-state index >= 15 is 0 Å². The van der Waals surface area contributed by atoms with E-state index in [0.717, 1.165) is 5.56 Å². The van der Waals surface area contributed by atoms with Crippen molar-refractivity contribution in [3.05, 3.63) is 33.5 Å². The fourth-order valence-electron chi connectivity index (χ4n) is 1.18. The maximum absolute atomic E-state index is 11.3. The molecule has 0 aliphatic heterocycles. The lowest BCUT2D eigenvalue weighted by atomic mass is 10.2. The molecule has 0 aliphatic carbocycles. The molecule has 0 saturated heterocycles. The number of hydrogen-bond acceptors (Lipinski definition) is 4. The summed E-state index contributed by atoms with van der Waals surface area (Å²) < 4.78 is 5.00. The molecule has 0 bridgehead atoms. The zero-order valence-corrected chi connectivity index (χ0v) is 8.30. The van der Waals surface area contributed by atoms with Crippen LogP contribution in [0.2, 0.25) is 0 Å². The van der Waals surface area contributed by atoms with Gasteiger partial charge >= 0.3 is 0 Å². The van der Waals surface area contributed by atoms with E-state index in [9.17, 15) is 4.79 Å². The summed E-state index contributed by atoms with van der Waals surface area (Å²) >= 11 is 1.55. The predicted molar refractivity (Wildman–Crippen MR) is 54.7 cm³/mol. The van der Waals surface area contributed by atoms with Crippen LogP contribution in [-0.2, 0) is 0 Å². The van der Waals surface area contributed by atoms with E-state index in [2.05, 4.69) is 9.97 Å². The molecular weight excluding hydrogens is 200 g/mol. The van der Waals surface area contributed by atoms with Crippen molar-refractivity contribution in [3.63, 3.8) is 0 Å². The Kier molecular flexibility index (Phi) is 2.32. The lowest BCUT2D eigenvalue weighted by Crippen LogP contribution is -2.10. The monoisotopic (exact) mass is 208 g/mol. The molecular formula is C9H8N2O2S. The number of thiophene rings is 1. The average Bonchev–Trinajstić information content (AvgIpc) is 2.70. The van der Waals surface area contributed by atoms with Gasteiger partial charge in [0.15, 0.2) is 0 Å². The average molecular weight is 208 g/mol. The molecule has 72 valence electrons. The Labute approximate surface area is 84.2 Å². The van der Waals surface area contributed by atoms with Crippen molar-refractivity contribution in [2.24, 2.45) is 0 Å². The number of hydrogen-bond donors (Lipinski definition) is 1. The van der Waals surface area contributed by atoms with Crippen molar-refractivity contribution in [1.29, 1.82) is 0 Å². The summed E-state index contributed by atoms with van der Waals surface area (Å²) in [7, 11) is 1.46. The van der Waals surface area contributed by atoms with Gasteiger partial charge in [-0.2, -0.15) is 11.3 Å². The first kappa shape index (κ1) is 8.96. The molecule has 1 N–H and O–H groups in total. The fourth-order valence-corrected chi connectivity index (χ4v) is 1.82. The van der Waals surface area contributed by atoms with Gasteiger partial charge in [-0.05, 0) is 11.4 Å². The van der Waals surface area contributed by atoms with Gasteiger partial charge in [0.25, 0.3) is 5.56 Å². The van der Waals surface area contributed by atoms with Crippen LogP contribution in [0.3, 0.4) is 0 Å². The molecule has 14 heavy (non-hydrogen) atoms. The summed E-state index contributed by atoms with van der Waals surface area (Å²) in [4.78, 5) is 17.9. The molecule has 4 nitrogen and oxygen atoms in total. The summed E-state index contributed by atoms with van der Waals surface area (Å²) in [5.41, 5.74) is 1.22. The first-order valence-corrected chi connectivity index (χ1v) is 4.91. The smallest absolute Gasteiger partial charge is 0.293 e. The lowest BCUT2D eigenvalue weighted by molar-refractivity contribution is 0.408. The minimum Gasteiger partial charge on any atom is -0.490 e. The number of aromatic nitrogens is 2. The number of methoxy groups -OCH3 is 1. The zero-order valence-electron chi connectivity index (χ0n) is 7.48. The van der Waals surface area contributed by atoms with Crippen molar-refractivity contribution in [1.82, 2.24) is 9.97 Å². The predicted octanol–water partition coefficient (Wildman–Crippen LogP) is 1.51. The summed E-state index contributed by atoms with van der Waals surface area (Å²) in [6, 6.07) is 1.90. The highest BCUT2D eigenvalue weighted by atomic mass is 32.1. The van der Waals surface area contributed by atoms with Gasteiger partial charge in [-0.15, -0.1) is 0 Å². The topological polar surface area (TPSA) is 55.0 Å². The summed E-state index contributed by atoms with van der Waals surface area (Å²) in [6.45, 7) is 0. The van der Waals surface area contributed by atoms with Crippen LogP contribution in [0, 0.1) is 0 Å². The van der Waals surface area contributed by atoms with Crippen LogP contribution in [0.1, 0.15) is 0 Å². The standard InChI is InChI=1S/C9H8N2O2S/c1-13-8-7(6-2-3-14-4-6)10-5-11-9(8)12/h2-5H,1H3,(H,10,11,12). The SMILES string of the molecule is COc1c(-c2ccsc2)nc[nH]c1=O. The third-order valence-electron chi connectivity index (χ3n) is 1.81. The second-order valence-corrected chi connectivity index (χ2v) is 3.41. The van der Waals surface area contributed by atoms with E-state index in [-0.39, 0.29) is 11.3 Å². The highest BCUT2D eigenvalue weighted by Gasteiger charge is 2.10. The number of nitrogens with zero attached hydrogens (tertiary/aromatic N) is 1. The van der Waals surface area contributed by atoms with Gasteiger partial charge < -0.3 is 9.72 Å². The van der Waals surface area contributed by atoms with Gasteiger partial charge in [0.1, 0.15) is 5.69 Å². The second-order valence-electron chi connectivity index (χ2n) is 2.63. The van der Waals surface area contributed by atoms with Crippen LogP contribution in [0.15, 0.2) is 27.9 Å². The van der Waals surface area contributed by atoms with Crippen molar-refractivity contribution in [2.45, 2.75) is 0 Å². The number of aromatic amines is 1. The first-order chi connectivity index (χ1) is 6.83. The highest BCUT2D eigenvalue weighted by Crippen LogP contribution is 2.25. The number of ether oxygens (including phenoxy) is 1. The summed E-state index contributed by atoms with van der Waals surface area (Å²) in [6.07, 6.45) is 1.37. The van der Waals surface area contributed by atoms with E-state index in [0.29, 0.717) is 5.69 Å². The molecule has 0 radical (unpaired) electrons. The maximum Gasteiger partial charge on any atom is 0.293 e. The number of rotatable bonds is 2. The van der Waals surface area contributed by atoms with Crippen LogP contribution in [0.5, 0.6) is 5.75 Å². The van der Waals surface area contributed by atoms with Crippen LogP contribution in [0.25, 0.3) is 11.3 Å². The van der Waals surface area contributed by atoms with Crippen LogP contribution >= 0.6 is 11.3 Å². The lowest BCUT2D eigenvalue weighted by Gasteiger charge is -2.02. The Hall–Kier alpha value is -1.62. The fraction of sp³-hybridized carbons (Fsp3) is 0.111. The number of nitrogens with one attached hydrogen (secondary N) is 1. The third kappa shape index (κ3) is 1.42. The summed E-state index contributed by atoms with van der Waals surface area (Å²) in [5, 5.41) is 3.85. The Bertz CT molecular complexity index is 476. The van der Waals surface area contributed by atoms with E-state index < -0.39 is 0 Å². The molecule has 0 saturated carbocycles. The van der Waals surface area contributed by atoms with Crippen molar-refractivity contribution in [3.8, 4) is 17.0 Å². The molecule has 2 rings (SSSR count). The summed E-state index contributed by atoms with van der Waals surface area (Å²) in [5.74, 6) is 0.255. The molecule has 0 aliphatic rings. The van der Waals surface area contributed by atoms with Crippen LogP contribution in [0.4, 0.5) is 0 Å². The third-order valence-corrected chi connectivity index (χ3v) is 2.49. The minimum absolute atomic E-state index is 0.255. The molecule has 0 amide bonds. The Morgan fingerprint density at radius 3 is 3.07 bits per heavy atom. The molecule has 0 aromatic carbocycles. The molecule has 2 aromatic heterocycles. The van der Waals surface area contributed by atoms with E-state index in [1.54, 1.807) is 11.3 Å². The maximum atomic E-state index is 11.3. The molecule has 0 fully saturated rings. The molecule has 0 spiro atoms. The van der Waals surface area contributed by atoms with Crippen molar-refractivity contribution in [2.75, 3.05) is 7.11 Å². The Balaban J connectivity index is 2.64. The quantitative estimate of drug-likeness (QED) is 0.813. The second kappa shape index (κ2) is 3.63. The van der Waals surface area contributed by atoms with Crippen molar-refractivity contribution < 1.29 is 4.74 Å².